The van der Waals surface area contributed by atoms with Crippen molar-refractivity contribution in [3.63, 3.8) is 0 Å². The van der Waals surface area contributed by atoms with Gasteiger partial charge in [0.25, 0.3) is 5.91 Å². The monoisotopic (exact) mass is 276 g/mol. The van der Waals surface area contributed by atoms with Crippen molar-refractivity contribution in [3.8, 4) is 0 Å². The topological polar surface area (TPSA) is 32.3 Å². The van der Waals surface area contributed by atoms with Crippen LogP contribution in [0.2, 0.25) is 5.02 Å². The molecule has 0 fully saturated rings. The normalized spacial score (nSPS) is 9.88. The summed E-state index contributed by atoms with van der Waals surface area (Å²) in [5, 5.41) is 3.51. The van der Waals surface area contributed by atoms with E-state index in [4.69, 9.17) is 11.6 Å². The lowest BCUT2D eigenvalue weighted by atomic mass is 10.2. The highest BCUT2D eigenvalue weighted by atomic mass is 35.5. The average molecular weight is 277 g/mol. The Morgan fingerprint density at radius 2 is 1.88 bits per heavy atom. The maximum absolute atomic E-state index is 11.6. The number of hydrogen-bond donors (Lipinski definition) is 1. The van der Waals surface area contributed by atoms with E-state index in [1.165, 1.54) is 0 Å². The van der Waals surface area contributed by atoms with E-state index in [2.05, 4.69) is 10.2 Å². The summed E-state index contributed by atoms with van der Waals surface area (Å²) in [5.74, 6) is -0.0459. The zero-order valence-corrected chi connectivity index (χ0v) is 11.6. The minimum Gasteiger partial charge on any atom is -0.352 e. The summed E-state index contributed by atoms with van der Waals surface area (Å²) in [6.45, 7) is 1.67. The molecule has 0 aliphatic rings. The van der Waals surface area contributed by atoms with E-state index in [-0.39, 0.29) is 18.3 Å². The van der Waals surface area contributed by atoms with Gasteiger partial charge in [0, 0.05) is 17.1 Å². The van der Waals surface area contributed by atoms with Crippen molar-refractivity contribution < 1.29 is 4.79 Å². The van der Waals surface area contributed by atoms with Crippen molar-refractivity contribution in [1.82, 2.24) is 10.2 Å². The summed E-state index contributed by atoms with van der Waals surface area (Å²) < 4.78 is 0. The van der Waals surface area contributed by atoms with Crippen LogP contribution in [0.25, 0.3) is 0 Å². The van der Waals surface area contributed by atoms with E-state index < -0.39 is 0 Å². The zero-order valence-electron chi connectivity index (χ0n) is 10.1. The third kappa shape index (κ3) is 6.51. The molecule has 1 aromatic carbocycles. The van der Waals surface area contributed by atoms with E-state index in [9.17, 15) is 4.79 Å². The quantitative estimate of drug-likeness (QED) is 0.838. The Hall–Kier alpha value is -0.770. The highest BCUT2D eigenvalue weighted by Gasteiger charge is 2.03. The van der Waals surface area contributed by atoms with E-state index in [1.807, 2.05) is 14.1 Å². The number of benzene rings is 1. The molecule has 0 aromatic heterocycles. The summed E-state index contributed by atoms with van der Waals surface area (Å²) >= 11 is 5.74. The molecule has 96 valence electrons. The summed E-state index contributed by atoms with van der Waals surface area (Å²) in [6.07, 6.45) is 0.951. The molecule has 0 heterocycles. The van der Waals surface area contributed by atoms with Crippen molar-refractivity contribution >= 4 is 29.9 Å². The molecule has 1 amide bonds. The molecule has 0 aliphatic carbocycles. The van der Waals surface area contributed by atoms with Crippen molar-refractivity contribution in [3.05, 3.63) is 34.9 Å². The third-order valence-corrected chi connectivity index (χ3v) is 2.43. The molecule has 0 radical (unpaired) electrons. The predicted molar refractivity (Wildman–Crippen MR) is 74.2 cm³/mol. The van der Waals surface area contributed by atoms with Gasteiger partial charge in [-0.2, -0.15) is 0 Å². The van der Waals surface area contributed by atoms with Gasteiger partial charge in [-0.1, -0.05) is 11.6 Å². The fraction of sp³-hybridized carbons (Fsp3) is 0.417. The number of nitrogens with zero attached hydrogens (tertiary/aromatic N) is 1. The van der Waals surface area contributed by atoms with Crippen LogP contribution in [0, 0.1) is 0 Å². The Kier molecular flexibility index (Phi) is 7.96. The first kappa shape index (κ1) is 16.2. The molecule has 5 heteroatoms. The van der Waals surface area contributed by atoms with E-state index >= 15 is 0 Å². The highest BCUT2D eigenvalue weighted by Crippen LogP contribution is 2.09. The smallest absolute Gasteiger partial charge is 0.251 e. The number of halogens is 2. The number of carbonyl (C=O) groups excluding carboxylic acids is 1. The molecule has 0 aliphatic heterocycles. The van der Waals surface area contributed by atoms with Gasteiger partial charge in [-0.3, -0.25) is 4.79 Å². The largest absolute Gasteiger partial charge is 0.352 e. The van der Waals surface area contributed by atoms with Crippen LogP contribution in [-0.2, 0) is 0 Å². The van der Waals surface area contributed by atoms with E-state index in [1.54, 1.807) is 24.3 Å². The fourth-order valence-electron chi connectivity index (χ4n) is 1.30. The predicted octanol–water partition coefficient (Wildman–Crippen LogP) is 2.44. The SMILES string of the molecule is CN(C)CCCNC(=O)c1ccc(Cl)cc1.Cl. The Bertz CT molecular complexity index is 339. The van der Waals surface area contributed by atoms with Gasteiger partial charge in [0.15, 0.2) is 0 Å². The molecule has 1 rings (SSSR count). The molecule has 1 N–H and O–H groups in total. The number of amides is 1. The van der Waals surface area contributed by atoms with Crippen LogP contribution >= 0.6 is 24.0 Å². The second-order valence-electron chi connectivity index (χ2n) is 3.92. The maximum atomic E-state index is 11.6. The molecule has 3 nitrogen and oxygen atoms in total. The highest BCUT2D eigenvalue weighted by molar-refractivity contribution is 6.30. The van der Waals surface area contributed by atoms with Gasteiger partial charge < -0.3 is 10.2 Å². The average Bonchev–Trinajstić information content (AvgIpc) is 2.25. The standard InChI is InChI=1S/C12H17ClN2O.ClH/c1-15(2)9-3-8-14-12(16)10-4-6-11(13)7-5-10;/h4-7H,3,8-9H2,1-2H3,(H,14,16);1H. The van der Waals surface area contributed by atoms with Gasteiger partial charge in [0.05, 0.1) is 0 Å². The molecule has 17 heavy (non-hydrogen) atoms. The van der Waals surface area contributed by atoms with Gasteiger partial charge in [0.2, 0.25) is 0 Å². The molecule has 0 bridgehead atoms. The lowest BCUT2D eigenvalue weighted by Gasteiger charge is -2.09. The Labute approximate surface area is 114 Å². The van der Waals surface area contributed by atoms with Crippen molar-refractivity contribution in [2.45, 2.75) is 6.42 Å². The van der Waals surface area contributed by atoms with Gasteiger partial charge >= 0.3 is 0 Å². The van der Waals surface area contributed by atoms with Crippen molar-refractivity contribution in [2.24, 2.45) is 0 Å². The van der Waals surface area contributed by atoms with Crippen LogP contribution in [0.4, 0.5) is 0 Å². The third-order valence-electron chi connectivity index (χ3n) is 2.17. The molecular formula is C12H18Cl2N2O. The Morgan fingerprint density at radius 1 is 1.29 bits per heavy atom. The molecule has 0 atom stereocenters. The van der Waals surface area contributed by atoms with Gasteiger partial charge in [-0.25, -0.2) is 0 Å². The number of rotatable bonds is 5. The molecule has 1 aromatic rings. The molecule has 0 spiro atoms. The lowest BCUT2D eigenvalue weighted by molar-refractivity contribution is 0.0952. The Morgan fingerprint density at radius 3 is 2.41 bits per heavy atom. The van der Waals surface area contributed by atoms with Crippen LogP contribution in [-0.4, -0.2) is 38.0 Å². The van der Waals surface area contributed by atoms with Gasteiger partial charge in [0.1, 0.15) is 0 Å². The second-order valence-corrected chi connectivity index (χ2v) is 4.36. The second kappa shape index (κ2) is 8.34. The summed E-state index contributed by atoms with van der Waals surface area (Å²) in [4.78, 5) is 13.7. The van der Waals surface area contributed by atoms with Crippen LogP contribution in [0.3, 0.4) is 0 Å². The number of carbonyl (C=O) groups is 1. The number of nitrogens with one attached hydrogen (secondary N) is 1. The first-order valence-electron chi connectivity index (χ1n) is 5.28. The fourth-order valence-corrected chi connectivity index (χ4v) is 1.43. The van der Waals surface area contributed by atoms with Crippen molar-refractivity contribution in [1.29, 1.82) is 0 Å². The minimum atomic E-state index is -0.0459. The minimum absolute atomic E-state index is 0. The van der Waals surface area contributed by atoms with Gasteiger partial charge in [-0.05, 0) is 51.3 Å². The number of hydrogen-bond acceptors (Lipinski definition) is 2. The van der Waals surface area contributed by atoms with Crippen LogP contribution in [0.15, 0.2) is 24.3 Å². The van der Waals surface area contributed by atoms with E-state index in [0.29, 0.717) is 17.1 Å². The Balaban J connectivity index is 0.00000256. The lowest BCUT2D eigenvalue weighted by Crippen LogP contribution is -2.27. The molecule has 0 unspecified atom stereocenters. The summed E-state index contributed by atoms with van der Waals surface area (Å²) in [6, 6.07) is 6.89. The maximum Gasteiger partial charge on any atom is 0.251 e. The molecular weight excluding hydrogens is 259 g/mol. The van der Waals surface area contributed by atoms with Crippen molar-refractivity contribution in [2.75, 3.05) is 27.2 Å². The first-order valence-corrected chi connectivity index (χ1v) is 5.66. The molecule has 0 saturated carbocycles. The van der Waals surface area contributed by atoms with Crippen LogP contribution in [0.1, 0.15) is 16.8 Å². The zero-order chi connectivity index (χ0) is 12.0. The van der Waals surface area contributed by atoms with Crippen LogP contribution < -0.4 is 5.32 Å². The van der Waals surface area contributed by atoms with Crippen LogP contribution in [0.5, 0.6) is 0 Å². The first-order chi connectivity index (χ1) is 7.59. The summed E-state index contributed by atoms with van der Waals surface area (Å²) in [7, 11) is 4.03. The van der Waals surface area contributed by atoms with E-state index in [0.717, 1.165) is 13.0 Å². The molecule has 0 saturated heterocycles. The summed E-state index contributed by atoms with van der Waals surface area (Å²) in [5.41, 5.74) is 0.647. The van der Waals surface area contributed by atoms with Gasteiger partial charge in [-0.15, -0.1) is 12.4 Å².